The number of likely N-dealkylation sites (tertiary alicyclic amines) is 2. The van der Waals surface area contributed by atoms with Gasteiger partial charge in [0.2, 0.25) is 5.91 Å². The van der Waals surface area contributed by atoms with Gasteiger partial charge < -0.3 is 14.2 Å². The number of rotatable bonds is 3. The lowest BCUT2D eigenvalue weighted by atomic mass is 9.87. The van der Waals surface area contributed by atoms with Gasteiger partial charge in [0.15, 0.2) is 11.6 Å². The Kier molecular flexibility index (Phi) is 6.02. The van der Waals surface area contributed by atoms with Crippen LogP contribution in [-0.2, 0) is 4.79 Å². The predicted molar refractivity (Wildman–Crippen MR) is 106 cm³/mol. The highest BCUT2D eigenvalue weighted by Crippen LogP contribution is 2.32. The average Bonchev–Trinajstić information content (AvgIpc) is 3.15. The number of carbonyl (C=O) groups excluding carboxylic acids is 2. The number of piperidine rings is 2. The van der Waals surface area contributed by atoms with Crippen molar-refractivity contribution >= 4 is 11.8 Å². The van der Waals surface area contributed by atoms with Gasteiger partial charge in [-0.25, -0.2) is 4.98 Å². The molecule has 28 heavy (non-hydrogen) atoms. The lowest BCUT2D eigenvalue weighted by Crippen LogP contribution is -2.42. The quantitative estimate of drug-likeness (QED) is 0.789. The van der Waals surface area contributed by atoms with Crippen LogP contribution >= 0.6 is 0 Å². The molecule has 0 spiro atoms. The number of oxazole rings is 1. The van der Waals surface area contributed by atoms with Crippen molar-refractivity contribution in [3.63, 3.8) is 0 Å². The summed E-state index contributed by atoms with van der Waals surface area (Å²) in [6, 6.07) is 0. The second kappa shape index (κ2) is 8.66. The van der Waals surface area contributed by atoms with Gasteiger partial charge in [-0.3, -0.25) is 9.59 Å². The van der Waals surface area contributed by atoms with E-state index in [4.69, 9.17) is 4.42 Å². The Morgan fingerprint density at radius 3 is 2.18 bits per heavy atom. The molecule has 0 N–H and O–H groups in total. The molecule has 0 atom stereocenters. The third-order valence-electron chi connectivity index (χ3n) is 6.77. The molecule has 154 valence electrons. The first-order chi connectivity index (χ1) is 13.6. The van der Waals surface area contributed by atoms with Crippen LogP contribution in [0.15, 0.2) is 4.42 Å². The topological polar surface area (TPSA) is 66.7 Å². The Morgan fingerprint density at radius 1 is 0.857 bits per heavy atom. The molecule has 3 aliphatic rings. The van der Waals surface area contributed by atoms with Gasteiger partial charge in [0.1, 0.15) is 5.76 Å². The van der Waals surface area contributed by atoms with Crippen molar-refractivity contribution in [1.82, 2.24) is 14.8 Å². The molecule has 2 saturated heterocycles. The summed E-state index contributed by atoms with van der Waals surface area (Å²) in [5.74, 6) is 2.12. The molecule has 6 heteroatoms. The Balaban J connectivity index is 1.35. The minimum absolute atomic E-state index is 0.0112. The monoisotopic (exact) mass is 387 g/mol. The van der Waals surface area contributed by atoms with Gasteiger partial charge in [-0.1, -0.05) is 19.3 Å². The van der Waals surface area contributed by atoms with Crippen molar-refractivity contribution in [3.05, 3.63) is 17.3 Å². The third kappa shape index (κ3) is 4.11. The van der Waals surface area contributed by atoms with Gasteiger partial charge in [0.05, 0.1) is 0 Å². The molecular weight excluding hydrogens is 354 g/mol. The molecule has 2 amide bonds. The van der Waals surface area contributed by atoms with Crippen LogP contribution in [0.2, 0.25) is 0 Å². The highest BCUT2D eigenvalue weighted by Gasteiger charge is 2.32. The Labute approximate surface area is 167 Å². The number of hydrogen-bond donors (Lipinski definition) is 0. The summed E-state index contributed by atoms with van der Waals surface area (Å²) in [6.45, 7) is 5.04. The first kappa shape index (κ1) is 19.5. The van der Waals surface area contributed by atoms with E-state index in [0.29, 0.717) is 23.3 Å². The molecule has 3 heterocycles. The maximum atomic E-state index is 12.8. The number of nitrogens with zero attached hydrogens (tertiary/aromatic N) is 3. The van der Waals surface area contributed by atoms with E-state index in [0.717, 1.165) is 64.7 Å². The van der Waals surface area contributed by atoms with E-state index in [1.54, 1.807) is 0 Å². The number of amides is 2. The van der Waals surface area contributed by atoms with Crippen molar-refractivity contribution in [3.8, 4) is 0 Å². The maximum Gasteiger partial charge on any atom is 0.276 e. The van der Waals surface area contributed by atoms with Crippen LogP contribution in [0.25, 0.3) is 0 Å². The molecule has 3 fully saturated rings. The summed E-state index contributed by atoms with van der Waals surface area (Å²) in [6.07, 6.45) is 10.8. The zero-order valence-electron chi connectivity index (χ0n) is 17.1. The molecule has 1 aliphatic carbocycles. The second-order valence-electron chi connectivity index (χ2n) is 8.74. The molecule has 2 aliphatic heterocycles. The standard InChI is InChI=1S/C22H33N3O3/c1-16-19(22(27)24-12-6-3-7-13-24)23-20(28-16)17-10-14-25(15-11-17)21(26)18-8-4-2-5-9-18/h17-18H,2-15H2,1H3. The zero-order chi connectivity index (χ0) is 19.5. The van der Waals surface area contributed by atoms with E-state index < -0.39 is 0 Å². The van der Waals surface area contributed by atoms with Crippen LogP contribution in [0.3, 0.4) is 0 Å². The second-order valence-corrected chi connectivity index (χ2v) is 8.74. The molecule has 0 bridgehead atoms. The van der Waals surface area contributed by atoms with E-state index in [9.17, 15) is 9.59 Å². The molecule has 1 aromatic heterocycles. The number of aromatic nitrogens is 1. The van der Waals surface area contributed by atoms with Gasteiger partial charge in [0.25, 0.3) is 5.91 Å². The summed E-state index contributed by atoms with van der Waals surface area (Å²) in [5.41, 5.74) is 0.484. The summed E-state index contributed by atoms with van der Waals surface area (Å²) in [4.78, 5) is 34.1. The summed E-state index contributed by atoms with van der Waals surface area (Å²) in [7, 11) is 0. The molecule has 0 radical (unpaired) electrons. The molecule has 0 unspecified atom stereocenters. The molecule has 6 nitrogen and oxygen atoms in total. The van der Waals surface area contributed by atoms with Crippen LogP contribution in [0.5, 0.6) is 0 Å². The van der Waals surface area contributed by atoms with Gasteiger partial charge >= 0.3 is 0 Å². The molecule has 1 aromatic rings. The van der Waals surface area contributed by atoms with Crippen LogP contribution in [0.4, 0.5) is 0 Å². The predicted octanol–water partition coefficient (Wildman–Crippen LogP) is 3.90. The van der Waals surface area contributed by atoms with Gasteiger partial charge in [-0.2, -0.15) is 0 Å². The van der Waals surface area contributed by atoms with Crippen LogP contribution in [0.1, 0.15) is 92.3 Å². The minimum Gasteiger partial charge on any atom is -0.445 e. The van der Waals surface area contributed by atoms with Crippen molar-refractivity contribution in [2.24, 2.45) is 5.92 Å². The van der Waals surface area contributed by atoms with Crippen LogP contribution < -0.4 is 0 Å². The van der Waals surface area contributed by atoms with Gasteiger partial charge in [0, 0.05) is 38.0 Å². The van der Waals surface area contributed by atoms with Crippen molar-refractivity contribution < 1.29 is 14.0 Å². The fourth-order valence-corrected chi connectivity index (χ4v) is 4.99. The zero-order valence-corrected chi connectivity index (χ0v) is 17.1. The Hall–Kier alpha value is -1.85. The SMILES string of the molecule is Cc1oc(C2CCN(C(=O)C3CCCCC3)CC2)nc1C(=O)N1CCCCC1. The first-order valence-corrected chi connectivity index (χ1v) is 11.2. The van der Waals surface area contributed by atoms with E-state index in [1.807, 2.05) is 16.7 Å². The normalized spacial score (nSPS) is 22.5. The number of hydrogen-bond acceptors (Lipinski definition) is 4. The number of aryl methyl sites for hydroxylation is 1. The Bertz CT molecular complexity index is 694. The van der Waals surface area contributed by atoms with Crippen molar-refractivity contribution in [2.75, 3.05) is 26.2 Å². The lowest BCUT2D eigenvalue weighted by molar-refractivity contribution is -0.137. The van der Waals surface area contributed by atoms with Crippen LogP contribution in [0, 0.1) is 12.8 Å². The van der Waals surface area contributed by atoms with Gasteiger partial charge in [-0.15, -0.1) is 0 Å². The average molecular weight is 388 g/mol. The van der Waals surface area contributed by atoms with E-state index >= 15 is 0 Å². The fourth-order valence-electron chi connectivity index (χ4n) is 4.99. The minimum atomic E-state index is 0.0112. The summed E-state index contributed by atoms with van der Waals surface area (Å²) < 4.78 is 5.92. The maximum absolute atomic E-state index is 12.8. The highest BCUT2D eigenvalue weighted by molar-refractivity contribution is 5.93. The van der Waals surface area contributed by atoms with Crippen LogP contribution in [-0.4, -0.2) is 52.8 Å². The fraction of sp³-hybridized carbons (Fsp3) is 0.773. The van der Waals surface area contributed by atoms with Crippen molar-refractivity contribution in [1.29, 1.82) is 0 Å². The first-order valence-electron chi connectivity index (χ1n) is 11.2. The van der Waals surface area contributed by atoms with E-state index in [1.165, 1.54) is 25.7 Å². The largest absolute Gasteiger partial charge is 0.445 e. The third-order valence-corrected chi connectivity index (χ3v) is 6.77. The van der Waals surface area contributed by atoms with E-state index in [-0.39, 0.29) is 17.7 Å². The Morgan fingerprint density at radius 2 is 1.50 bits per heavy atom. The van der Waals surface area contributed by atoms with E-state index in [2.05, 4.69) is 4.98 Å². The number of carbonyl (C=O) groups is 2. The van der Waals surface area contributed by atoms with Gasteiger partial charge in [-0.05, 0) is 51.9 Å². The molecular formula is C22H33N3O3. The molecule has 0 aromatic carbocycles. The summed E-state index contributed by atoms with van der Waals surface area (Å²) in [5, 5.41) is 0. The van der Waals surface area contributed by atoms with Crippen molar-refractivity contribution in [2.45, 2.75) is 77.0 Å². The molecule has 4 rings (SSSR count). The highest BCUT2D eigenvalue weighted by atomic mass is 16.4. The summed E-state index contributed by atoms with van der Waals surface area (Å²) >= 11 is 0. The lowest BCUT2D eigenvalue weighted by Gasteiger charge is -2.34. The molecule has 1 saturated carbocycles. The smallest absolute Gasteiger partial charge is 0.276 e.